The van der Waals surface area contributed by atoms with Gasteiger partial charge in [0, 0.05) is 23.2 Å². The average molecular weight is 593 g/mol. The van der Waals surface area contributed by atoms with Gasteiger partial charge >= 0.3 is 0 Å². The molecule has 2 aromatic rings. The van der Waals surface area contributed by atoms with Crippen molar-refractivity contribution < 1.29 is 39.6 Å². The molecule has 0 heterocycles. The third-order valence-electron chi connectivity index (χ3n) is 8.89. The highest BCUT2D eigenvalue weighted by Gasteiger charge is 2.66. The highest BCUT2D eigenvalue weighted by Crippen LogP contribution is 2.53. The van der Waals surface area contributed by atoms with E-state index in [1.165, 1.54) is 6.07 Å². The number of aliphatic hydroxyl groups excluding tert-OH is 2. The molecule has 5 rings (SSSR count). The quantitative estimate of drug-likeness (QED) is 0.257. The Labute approximate surface area is 248 Å². The van der Waals surface area contributed by atoms with Crippen molar-refractivity contribution in [1.82, 2.24) is 9.80 Å². The normalized spacial score (nSPS) is 28.4. The fourth-order valence-electron chi connectivity index (χ4n) is 7.13. The van der Waals surface area contributed by atoms with Gasteiger partial charge in [-0.3, -0.25) is 19.2 Å². The Morgan fingerprint density at radius 3 is 2.42 bits per heavy atom. The molecule has 0 aromatic heterocycles. The van der Waals surface area contributed by atoms with Crippen molar-refractivity contribution in [2.24, 2.45) is 23.5 Å². The number of primary amides is 1. The molecule has 0 aliphatic heterocycles. The third-order valence-corrected chi connectivity index (χ3v) is 8.89. The first-order valence-electron chi connectivity index (χ1n) is 14.0. The minimum atomic E-state index is -2.64. The zero-order valence-corrected chi connectivity index (χ0v) is 24.4. The molecule has 6 atom stereocenters. The van der Waals surface area contributed by atoms with Gasteiger partial charge in [-0.05, 0) is 81.8 Å². The maximum absolute atomic E-state index is 14.0. The SMILES string of the molecule is CN(C)CC(=O)Nc1cccc(-c2ccc(O)c3c2C[C@H]2C[C@H]4[C@H](N(C)C)C(O)C(C(N)=O)C(=O)[C@@]4(O)C(O)=C2C3=O)c1. The van der Waals surface area contributed by atoms with Gasteiger partial charge in [-0.2, -0.15) is 0 Å². The summed E-state index contributed by atoms with van der Waals surface area (Å²) in [7, 11) is 6.78. The number of nitrogens with two attached hydrogens (primary N) is 1. The number of anilines is 1. The lowest BCUT2D eigenvalue weighted by molar-refractivity contribution is -0.178. The minimum Gasteiger partial charge on any atom is -0.508 e. The van der Waals surface area contributed by atoms with E-state index in [4.69, 9.17) is 5.73 Å². The van der Waals surface area contributed by atoms with Gasteiger partial charge in [0.25, 0.3) is 0 Å². The number of allylic oxidation sites excluding steroid dienone is 1. The Hall–Kier alpha value is -4.10. The number of nitrogens with zero attached hydrogens (tertiary/aromatic N) is 2. The number of phenols is 1. The maximum Gasteiger partial charge on any atom is 0.238 e. The lowest BCUT2D eigenvalue weighted by atomic mass is 9.55. The summed E-state index contributed by atoms with van der Waals surface area (Å²) < 4.78 is 0. The Morgan fingerprint density at radius 2 is 1.79 bits per heavy atom. The number of nitrogens with one attached hydrogen (secondary N) is 1. The largest absolute Gasteiger partial charge is 0.508 e. The number of rotatable bonds is 6. The number of aliphatic hydroxyl groups is 3. The van der Waals surface area contributed by atoms with Crippen LogP contribution in [0.25, 0.3) is 11.1 Å². The molecule has 43 heavy (non-hydrogen) atoms. The molecule has 0 saturated heterocycles. The number of hydrogen-bond acceptors (Lipinski definition) is 10. The van der Waals surface area contributed by atoms with Crippen LogP contribution < -0.4 is 11.1 Å². The first kappa shape index (κ1) is 30.4. The number of carbonyl (C=O) groups is 4. The summed E-state index contributed by atoms with van der Waals surface area (Å²) >= 11 is 0. The number of ketones is 2. The molecule has 7 N–H and O–H groups in total. The van der Waals surface area contributed by atoms with Crippen LogP contribution in [0.5, 0.6) is 5.75 Å². The summed E-state index contributed by atoms with van der Waals surface area (Å²) in [6, 6.07) is 9.14. The second-order valence-corrected chi connectivity index (χ2v) is 12.1. The number of aromatic hydroxyl groups is 1. The van der Waals surface area contributed by atoms with Crippen molar-refractivity contribution in [1.29, 1.82) is 0 Å². The number of likely N-dealkylation sites (N-methyl/N-ethyl adjacent to an activating group) is 2. The Kier molecular flexibility index (Phi) is 7.68. The van der Waals surface area contributed by atoms with E-state index in [-0.39, 0.29) is 42.2 Å². The fraction of sp³-hybridized carbons (Fsp3) is 0.419. The zero-order valence-electron chi connectivity index (χ0n) is 24.4. The Balaban J connectivity index is 1.62. The van der Waals surface area contributed by atoms with Crippen molar-refractivity contribution in [3.8, 4) is 16.9 Å². The molecule has 2 unspecified atom stereocenters. The molecule has 12 heteroatoms. The summed E-state index contributed by atoms with van der Waals surface area (Å²) in [6.45, 7) is 0.187. The molecule has 1 fully saturated rings. The Bertz CT molecular complexity index is 1570. The first-order valence-corrected chi connectivity index (χ1v) is 14.0. The summed E-state index contributed by atoms with van der Waals surface area (Å²) in [6.07, 6.45) is -1.36. The van der Waals surface area contributed by atoms with E-state index in [0.717, 1.165) is 0 Å². The van der Waals surface area contributed by atoms with Gasteiger partial charge in [-0.25, -0.2) is 0 Å². The predicted octanol–water partition coefficient (Wildman–Crippen LogP) is 0.453. The van der Waals surface area contributed by atoms with Crippen molar-refractivity contribution in [2.75, 3.05) is 40.1 Å². The van der Waals surface area contributed by atoms with Crippen LogP contribution in [0.3, 0.4) is 0 Å². The van der Waals surface area contributed by atoms with Gasteiger partial charge in [0.1, 0.15) is 17.4 Å². The van der Waals surface area contributed by atoms with Crippen molar-refractivity contribution in [2.45, 2.75) is 30.6 Å². The number of phenolic OH excluding ortho intramolecular Hbond substituents is 1. The smallest absolute Gasteiger partial charge is 0.238 e. The summed E-state index contributed by atoms with van der Waals surface area (Å²) in [5.74, 6) is -8.04. The molecule has 228 valence electrons. The van der Waals surface area contributed by atoms with Gasteiger partial charge in [0.15, 0.2) is 17.2 Å². The fourth-order valence-corrected chi connectivity index (χ4v) is 7.13. The van der Waals surface area contributed by atoms with E-state index in [0.29, 0.717) is 22.4 Å². The van der Waals surface area contributed by atoms with E-state index in [1.54, 1.807) is 62.3 Å². The number of fused-ring (bicyclic) bond motifs is 3. The molecule has 3 aliphatic carbocycles. The minimum absolute atomic E-state index is 0.0218. The molecule has 2 aromatic carbocycles. The molecule has 2 amide bonds. The molecule has 1 saturated carbocycles. The Morgan fingerprint density at radius 1 is 1.09 bits per heavy atom. The van der Waals surface area contributed by atoms with Gasteiger partial charge in [0.2, 0.25) is 11.8 Å². The molecule has 12 nitrogen and oxygen atoms in total. The standard InChI is InChI=1S/C31H36N4O8/c1-34(2)13-21(37)33-16-7-5-6-14(10-16)17-8-9-20(36)23-18(17)11-15-12-19-25(35(3)4)27(39)24(30(32)42)29(41)31(19,43)28(40)22(15)26(23)38/h5-10,15,19,24-25,27,36,39-40,43H,11-13H2,1-4H3,(H2,32,42)(H,33,37)/t15-,19-,24?,25-,27?,31-/m0/s1. The van der Waals surface area contributed by atoms with Gasteiger partial charge in [-0.15, -0.1) is 0 Å². The lowest BCUT2D eigenvalue weighted by Gasteiger charge is -2.53. The number of hydrogen-bond donors (Lipinski definition) is 6. The van der Waals surface area contributed by atoms with Crippen molar-refractivity contribution >= 4 is 29.1 Å². The second kappa shape index (κ2) is 10.9. The number of benzene rings is 2. The molecular weight excluding hydrogens is 556 g/mol. The van der Waals surface area contributed by atoms with Crippen LogP contribution in [-0.4, -0.2) is 106 Å². The van der Waals surface area contributed by atoms with Crippen LogP contribution in [-0.2, 0) is 20.8 Å². The van der Waals surface area contributed by atoms with E-state index in [9.17, 15) is 39.6 Å². The molecule has 0 radical (unpaired) electrons. The van der Waals surface area contributed by atoms with Crippen LogP contribution in [0, 0.1) is 17.8 Å². The van der Waals surface area contributed by atoms with E-state index >= 15 is 0 Å². The van der Waals surface area contributed by atoms with Crippen LogP contribution in [0.2, 0.25) is 0 Å². The highest BCUT2D eigenvalue weighted by atomic mass is 16.4. The molecular formula is C31H36N4O8. The van der Waals surface area contributed by atoms with Crippen LogP contribution in [0.15, 0.2) is 47.7 Å². The van der Waals surface area contributed by atoms with Crippen LogP contribution >= 0.6 is 0 Å². The first-order chi connectivity index (χ1) is 20.2. The highest BCUT2D eigenvalue weighted by molar-refractivity contribution is 6.16. The van der Waals surface area contributed by atoms with E-state index < -0.39 is 58.7 Å². The van der Waals surface area contributed by atoms with Gasteiger partial charge in [0.05, 0.1) is 18.2 Å². The number of carbonyl (C=O) groups excluding carboxylic acids is 4. The summed E-state index contributed by atoms with van der Waals surface area (Å²) in [4.78, 5) is 55.3. The molecule has 3 aliphatic rings. The van der Waals surface area contributed by atoms with Gasteiger partial charge in [-0.1, -0.05) is 18.2 Å². The zero-order chi connectivity index (χ0) is 31.5. The number of Topliss-reactive ketones (excluding diaryl/α,β-unsaturated/α-hetero) is 2. The average Bonchev–Trinajstić information content (AvgIpc) is 2.90. The lowest BCUT2D eigenvalue weighted by Crippen LogP contribution is -2.71. The van der Waals surface area contributed by atoms with Crippen LogP contribution in [0.1, 0.15) is 22.3 Å². The molecule has 0 bridgehead atoms. The van der Waals surface area contributed by atoms with Crippen LogP contribution in [0.4, 0.5) is 5.69 Å². The maximum atomic E-state index is 14.0. The van der Waals surface area contributed by atoms with Crippen molar-refractivity contribution in [3.05, 3.63) is 58.9 Å². The topological polar surface area (TPSA) is 194 Å². The third kappa shape index (κ3) is 4.80. The van der Waals surface area contributed by atoms with Gasteiger partial charge < -0.3 is 41.3 Å². The predicted molar refractivity (Wildman–Crippen MR) is 156 cm³/mol. The number of amides is 2. The second-order valence-electron chi connectivity index (χ2n) is 12.1. The molecule has 0 spiro atoms. The monoisotopic (exact) mass is 592 g/mol. The van der Waals surface area contributed by atoms with E-state index in [2.05, 4.69) is 5.32 Å². The van der Waals surface area contributed by atoms with Crippen molar-refractivity contribution in [3.63, 3.8) is 0 Å². The summed E-state index contributed by atoms with van der Waals surface area (Å²) in [5.41, 5.74) is 4.86. The summed E-state index contributed by atoms with van der Waals surface area (Å²) in [5, 5.41) is 48.0. The van der Waals surface area contributed by atoms with E-state index in [1.807, 2.05) is 6.07 Å².